The van der Waals surface area contributed by atoms with Gasteiger partial charge in [-0.3, -0.25) is 9.59 Å². The van der Waals surface area contributed by atoms with E-state index in [-0.39, 0.29) is 11.8 Å². The number of benzene rings is 2. The van der Waals surface area contributed by atoms with Crippen LogP contribution >= 0.6 is 11.6 Å². The van der Waals surface area contributed by atoms with Gasteiger partial charge in [0.05, 0.1) is 11.6 Å². The van der Waals surface area contributed by atoms with Crippen LogP contribution in [-0.2, 0) is 4.79 Å². The number of hydrogen-bond acceptors (Lipinski definition) is 3. The molecule has 120 valence electrons. The molecule has 2 amide bonds. The minimum Gasteiger partial charge on any atom is -0.492 e. The molecular formula is C17H17ClN2O3. The summed E-state index contributed by atoms with van der Waals surface area (Å²) in [5, 5.41) is 5.82. The van der Waals surface area contributed by atoms with Crippen molar-refractivity contribution in [3.8, 4) is 5.75 Å². The van der Waals surface area contributed by atoms with Gasteiger partial charge in [0, 0.05) is 23.9 Å². The lowest BCUT2D eigenvalue weighted by Crippen LogP contribution is -2.12. The summed E-state index contributed by atoms with van der Waals surface area (Å²) < 4.78 is 5.34. The molecule has 0 radical (unpaired) electrons. The zero-order valence-corrected chi connectivity index (χ0v) is 13.6. The highest BCUT2D eigenvalue weighted by atomic mass is 35.5. The zero-order chi connectivity index (χ0) is 16.8. The van der Waals surface area contributed by atoms with Gasteiger partial charge in [-0.1, -0.05) is 11.6 Å². The van der Waals surface area contributed by atoms with E-state index in [0.717, 1.165) is 0 Å². The van der Waals surface area contributed by atoms with Crippen molar-refractivity contribution in [3.63, 3.8) is 0 Å². The Morgan fingerprint density at radius 2 is 1.65 bits per heavy atom. The van der Waals surface area contributed by atoms with Gasteiger partial charge >= 0.3 is 0 Å². The highest BCUT2D eigenvalue weighted by Gasteiger charge is 2.10. The van der Waals surface area contributed by atoms with Gasteiger partial charge in [0.15, 0.2) is 0 Å². The van der Waals surface area contributed by atoms with Crippen molar-refractivity contribution in [3.05, 3.63) is 53.1 Å². The van der Waals surface area contributed by atoms with Crippen LogP contribution in [0.15, 0.2) is 42.5 Å². The van der Waals surface area contributed by atoms with E-state index in [9.17, 15) is 9.59 Å². The Kier molecular flexibility index (Phi) is 5.60. The summed E-state index contributed by atoms with van der Waals surface area (Å²) in [6.07, 6.45) is 0. The van der Waals surface area contributed by atoms with Crippen molar-refractivity contribution in [2.24, 2.45) is 0 Å². The van der Waals surface area contributed by atoms with Gasteiger partial charge in [0.25, 0.3) is 5.91 Å². The van der Waals surface area contributed by atoms with E-state index in [1.807, 2.05) is 6.92 Å². The average molecular weight is 333 g/mol. The molecule has 0 saturated heterocycles. The summed E-state index contributed by atoms with van der Waals surface area (Å²) in [7, 11) is 0. The lowest BCUT2D eigenvalue weighted by Gasteiger charge is -2.09. The Morgan fingerprint density at radius 3 is 2.17 bits per heavy atom. The maximum absolute atomic E-state index is 12.2. The minimum atomic E-state index is -0.276. The summed E-state index contributed by atoms with van der Waals surface area (Å²) in [6, 6.07) is 11.7. The number of ether oxygens (including phenoxy) is 1. The second-order valence-corrected chi connectivity index (χ2v) is 5.20. The number of carbonyl (C=O) groups is 2. The molecular weight excluding hydrogens is 316 g/mol. The summed E-state index contributed by atoms with van der Waals surface area (Å²) in [6.45, 7) is 3.80. The molecule has 6 heteroatoms. The number of rotatable bonds is 5. The van der Waals surface area contributed by atoms with Crippen LogP contribution in [0.3, 0.4) is 0 Å². The first-order valence-electron chi connectivity index (χ1n) is 7.11. The highest BCUT2D eigenvalue weighted by Crippen LogP contribution is 2.26. The van der Waals surface area contributed by atoms with Crippen LogP contribution in [0.4, 0.5) is 11.4 Å². The topological polar surface area (TPSA) is 67.4 Å². The van der Waals surface area contributed by atoms with Gasteiger partial charge < -0.3 is 15.4 Å². The van der Waals surface area contributed by atoms with Crippen molar-refractivity contribution < 1.29 is 14.3 Å². The summed E-state index contributed by atoms with van der Waals surface area (Å²) >= 11 is 6.08. The molecule has 0 spiro atoms. The van der Waals surface area contributed by atoms with E-state index in [1.165, 1.54) is 6.92 Å². The molecule has 0 fully saturated rings. The lowest BCUT2D eigenvalue weighted by atomic mass is 10.2. The van der Waals surface area contributed by atoms with Gasteiger partial charge in [-0.15, -0.1) is 0 Å². The third-order valence-electron chi connectivity index (χ3n) is 2.96. The summed E-state index contributed by atoms with van der Waals surface area (Å²) in [5.41, 5.74) is 1.72. The predicted octanol–water partition coefficient (Wildman–Crippen LogP) is 3.95. The Morgan fingerprint density at radius 1 is 1.04 bits per heavy atom. The quantitative estimate of drug-likeness (QED) is 0.871. The van der Waals surface area contributed by atoms with Crippen LogP contribution in [0.1, 0.15) is 24.2 Å². The van der Waals surface area contributed by atoms with Crippen molar-refractivity contribution in [1.29, 1.82) is 0 Å². The Bertz CT molecular complexity index is 714. The molecule has 0 atom stereocenters. The van der Waals surface area contributed by atoms with E-state index >= 15 is 0 Å². The molecule has 0 aliphatic rings. The van der Waals surface area contributed by atoms with Crippen LogP contribution < -0.4 is 15.4 Å². The molecule has 0 aromatic heterocycles. The molecule has 0 aliphatic heterocycles. The van der Waals surface area contributed by atoms with E-state index in [4.69, 9.17) is 16.3 Å². The largest absolute Gasteiger partial charge is 0.492 e. The van der Waals surface area contributed by atoms with Gasteiger partial charge in [0.2, 0.25) is 5.91 Å². The molecule has 0 heterocycles. The number of anilines is 2. The Balaban J connectivity index is 2.06. The van der Waals surface area contributed by atoms with Crippen molar-refractivity contribution in [2.45, 2.75) is 13.8 Å². The van der Waals surface area contributed by atoms with Crippen molar-refractivity contribution in [2.75, 3.05) is 17.2 Å². The number of halogens is 1. The number of hydrogen-bond donors (Lipinski definition) is 2. The maximum Gasteiger partial charge on any atom is 0.255 e. The number of amides is 2. The predicted molar refractivity (Wildman–Crippen MR) is 91.3 cm³/mol. The first kappa shape index (κ1) is 16.8. The molecule has 23 heavy (non-hydrogen) atoms. The molecule has 0 saturated carbocycles. The van der Waals surface area contributed by atoms with Crippen LogP contribution in [0.25, 0.3) is 0 Å². The van der Waals surface area contributed by atoms with Crippen LogP contribution in [0, 0.1) is 0 Å². The molecule has 0 bridgehead atoms. The zero-order valence-electron chi connectivity index (χ0n) is 12.9. The fourth-order valence-electron chi connectivity index (χ4n) is 1.96. The summed E-state index contributed by atoms with van der Waals surface area (Å²) in [5.74, 6) is 0.124. The monoisotopic (exact) mass is 332 g/mol. The van der Waals surface area contributed by atoms with E-state index < -0.39 is 0 Å². The maximum atomic E-state index is 12.2. The van der Waals surface area contributed by atoms with Crippen LogP contribution in [0.5, 0.6) is 5.75 Å². The van der Waals surface area contributed by atoms with Crippen molar-refractivity contribution >= 4 is 34.8 Å². The van der Waals surface area contributed by atoms with Gasteiger partial charge in [-0.25, -0.2) is 0 Å². The normalized spacial score (nSPS) is 10.0. The second-order valence-electron chi connectivity index (χ2n) is 4.79. The third kappa shape index (κ3) is 4.72. The van der Waals surface area contributed by atoms with E-state index in [1.54, 1.807) is 42.5 Å². The highest BCUT2D eigenvalue weighted by molar-refractivity contribution is 6.32. The Labute approximate surface area is 139 Å². The van der Waals surface area contributed by atoms with Crippen molar-refractivity contribution in [1.82, 2.24) is 0 Å². The molecule has 2 rings (SSSR count). The van der Waals surface area contributed by atoms with Crippen LogP contribution in [0.2, 0.25) is 5.02 Å². The third-order valence-corrected chi connectivity index (χ3v) is 3.25. The minimum absolute atomic E-state index is 0.147. The molecule has 0 unspecified atom stereocenters. The molecule has 0 aliphatic carbocycles. The van der Waals surface area contributed by atoms with E-state index in [0.29, 0.717) is 34.3 Å². The molecule has 2 aromatic carbocycles. The smallest absolute Gasteiger partial charge is 0.255 e. The fourth-order valence-corrected chi connectivity index (χ4v) is 2.19. The average Bonchev–Trinajstić information content (AvgIpc) is 2.51. The number of carbonyl (C=O) groups excluding carboxylic acids is 2. The van der Waals surface area contributed by atoms with E-state index in [2.05, 4.69) is 10.6 Å². The second kappa shape index (κ2) is 7.65. The first-order chi connectivity index (χ1) is 11.0. The lowest BCUT2D eigenvalue weighted by molar-refractivity contribution is -0.114. The summed E-state index contributed by atoms with van der Waals surface area (Å²) in [4.78, 5) is 23.2. The molecule has 5 nitrogen and oxygen atoms in total. The fraction of sp³-hybridized carbons (Fsp3) is 0.176. The number of nitrogens with one attached hydrogen (secondary N) is 2. The SMILES string of the molecule is CCOc1ccc(C(=O)Nc2ccc(NC(C)=O)cc2)cc1Cl. The first-order valence-corrected chi connectivity index (χ1v) is 7.48. The molecule has 2 N–H and O–H groups in total. The van der Waals surface area contributed by atoms with Gasteiger partial charge in [-0.05, 0) is 49.4 Å². The van der Waals surface area contributed by atoms with Gasteiger partial charge in [-0.2, -0.15) is 0 Å². The van der Waals surface area contributed by atoms with Crippen LogP contribution in [-0.4, -0.2) is 18.4 Å². The van der Waals surface area contributed by atoms with Gasteiger partial charge in [0.1, 0.15) is 5.75 Å². The standard InChI is InChI=1S/C17H17ClN2O3/c1-3-23-16-9-4-12(10-15(16)18)17(22)20-14-7-5-13(6-8-14)19-11(2)21/h4-10H,3H2,1-2H3,(H,19,21)(H,20,22). The Hall–Kier alpha value is -2.53. The molecule has 2 aromatic rings.